The molecule has 216 valence electrons. The molecular formula is C44H35N. The number of allylic oxidation sites excluding steroid dienone is 6. The molecule has 6 aromatic rings. The summed E-state index contributed by atoms with van der Waals surface area (Å²) in [5.41, 5.74) is 13.9. The molecule has 2 aliphatic carbocycles. The number of hydrogen-bond acceptors (Lipinski definition) is 1. The van der Waals surface area contributed by atoms with E-state index in [9.17, 15) is 0 Å². The summed E-state index contributed by atoms with van der Waals surface area (Å²) in [5, 5.41) is 2.52. The molecular weight excluding hydrogens is 542 g/mol. The van der Waals surface area contributed by atoms with Crippen molar-refractivity contribution in [3.8, 4) is 11.1 Å². The highest BCUT2D eigenvalue weighted by Crippen LogP contribution is 2.53. The quantitative estimate of drug-likeness (QED) is 0.197. The number of hydrogen-bond donors (Lipinski definition) is 0. The molecule has 0 bridgehead atoms. The first-order chi connectivity index (χ1) is 22.1. The molecule has 0 fully saturated rings. The minimum Gasteiger partial charge on any atom is -0.310 e. The van der Waals surface area contributed by atoms with Gasteiger partial charge in [-0.1, -0.05) is 141 Å². The van der Waals surface area contributed by atoms with Gasteiger partial charge in [-0.05, 0) is 98.1 Å². The van der Waals surface area contributed by atoms with Crippen LogP contribution in [0.2, 0.25) is 0 Å². The van der Waals surface area contributed by atoms with Gasteiger partial charge in [-0.25, -0.2) is 0 Å². The predicted molar refractivity (Wildman–Crippen MR) is 192 cm³/mol. The summed E-state index contributed by atoms with van der Waals surface area (Å²) in [7, 11) is 0. The largest absolute Gasteiger partial charge is 0.310 e. The second-order valence-electron chi connectivity index (χ2n) is 12.5. The van der Waals surface area contributed by atoms with Gasteiger partial charge in [0.05, 0.1) is 0 Å². The average molecular weight is 578 g/mol. The fourth-order valence-electron chi connectivity index (χ4n) is 7.36. The Labute approximate surface area is 266 Å². The summed E-state index contributed by atoms with van der Waals surface area (Å²) >= 11 is 0. The first kappa shape index (κ1) is 27.2. The lowest BCUT2D eigenvalue weighted by atomic mass is 9.78. The lowest BCUT2D eigenvalue weighted by Crippen LogP contribution is -2.16. The Kier molecular flexibility index (Phi) is 6.61. The van der Waals surface area contributed by atoms with E-state index in [2.05, 4.69) is 183 Å². The summed E-state index contributed by atoms with van der Waals surface area (Å²) < 4.78 is 0. The van der Waals surface area contributed by atoms with E-state index in [0.717, 1.165) is 23.5 Å². The van der Waals surface area contributed by atoms with Crippen LogP contribution < -0.4 is 4.90 Å². The second kappa shape index (κ2) is 10.9. The Balaban J connectivity index is 1.23. The fraction of sp³-hybridized carbons (Fsp3) is 0.0909. The Hall–Kier alpha value is -5.40. The van der Waals surface area contributed by atoms with E-state index in [1.807, 2.05) is 0 Å². The van der Waals surface area contributed by atoms with Gasteiger partial charge in [0.15, 0.2) is 0 Å². The van der Waals surface area contributed by atoms with Crippen molar-refractivity contribution in [3.63, 3.8) is 0 Å². The molecule has 0 saturated carbocycles. The first-order valence-electron chi connectivity index (χ1n) is 15.9. The van der Waals surface area contributed by atoms with Gasteiger partial charge in [-0.2, -0.15) is 0 Å². The van der Waals surface area contributed by atoms with Crippen LogP contribution in [0.5, 0.6) is 0 Å². The second-order valence-corrected chi connectivity index (χ2v) is 12.5. The van der Waals surface area contributed by atoms with Crippen molar-refractivity contribution >= 4 is 39.0 Å². The maximum Gasteiger partial charge on any atom is 0.0467 e. The van der Waals surface area contributed by atoms with Crippen molar-refractivity contribution in [1.29, 1.82) is 0 Å². The number of anilines is 3. The van der Waals surface area contributed by atoms with E-state index < -0.39 is 0 Å². The van der Waals surface area contributed by atoms with E-state index in [4.69, 9.17) is 0 Å². The van der Waals surface area contributed by atoms with E-state index >= 15 is 0 Å². The molecule has 2 aliphatic rings. The van der Waals surface area contributed by atoms with Crippen LogP contribution in [0.4, 0.5) is 17.1 Å². The van der Waals surface area contributed by atoms with Gasteiger partial charge in [0.25, 0.3) is 0 Å². The van der Waals surface area contributed by atoms with Crippen LogP contribution in [0.1, 0.15) is 37.0 Å². The third kappa shape index (κ3) is 4.64. The highest BCUT2D eigenvalue weighted by atomic mass is 15.1. The van der Waals surface area contributed by atoms with Crippen LogP contribution in [-0.4, -0.2) is 0 Å². The number of nitrogens with zero attached hydrogens (tertiary/aromatic N) is 1. The van der Waals surface area contributed by atoms with Gasteiger partial charge in [0.2, 0.25) is 0 Å². The van der Waals surface area contributed by atoms with Gasteiger partial charge in [0, 0.05) is 22.5 Å². The summed E-state index contributed by atoms with van der Waals surface area (Å²) in [6.45, 7) is 4.74. The zero-order valence-electron chi connectivity index (χ0n) is 25.7. The van der Waals surface area contributed by atoms with E-state index in [1.165, 1.54) is 55.3 Å². The molecule has 6 aromatic carbocycles. The molecule has 0 unspecified atom stereocenters. The SMILES string of the molecule is CC1(C)C2=C(c3ccc(N(c4ccccc4)c4cccc(-c5cccc6ccccc56)c4)cc3)C=CCC=C2c2ccccc21. The molecule has 0 radical (unpaired) electrons. The lowest BCUT2D eigenvalue weighted by Gasteiger charge is -2.27. The highest BCUT2D eigenvalue weighted by molar-refractivity contribution is 6.01. The third-order valence-corrected chi connectivity index (χ3v) is 9.45. The van der Waals surface area contributed by atoms with Crippen molar-refractivity contribution < 1.29 is 0 Å². The summed E-state index contributed by atoms with van der Waals surface area (Å²) in [6, 6.07) is 52.9. The van der Waals surface area contributed by atoms with Crippen molar-refractivity contribution in [2.45, 2.75) is 25.7 Å². The Morgan fingerprint density at radius 3 is 2.09 bits per heavy atom. The molecule has 0 aliphatic heterocycles. The van der Waals surface area contributed by atoms with Crippen LogP contribution in [0, 0.1) is 0 Å². The fourth-order valence-corrected chi connectivity index (χ4v) is 7.36. The molecule has 1 heteroatoms. The molecule has 1 nitrogen and oxygen atoms in total. The monoisotopic (exact) mass is 577 g/mol. The number of rotatable bonds is 5. The van der Waals surface area contributed by atoms with Crippen LogP contribution >= 0.6 is 0 Å². The Morgan fingerprint density at radius 1 is 0.556 bits per heavy atom. The van der Waals surface area contributed by atoms with Crippen LogP contribution in [0.25, 0.3) is 33.0 Å². The molecule has 0 atom stereocenters. The third-order valence-electron chi connectivity index (χ3n) is 9.45. The molecule has 0 spiro atoms. The molecule has 45 heavy (non-hydrogen) atoms. The Bertz CT molecular complexity index is 2140. The maximum absolute atomic E-state index is 2.40. The van der Waals surface area contributed by atoms with E-state index in [-0.39, 0.29) is 5.41 Å². The predicted octanol–water partition coefficient (Wildman–Crippen LogP) is 12.1. The number of benzene rings is 6. The van der Waals surface area contributed by atoms with Gasteiger partial charge in [-0.3, -0.25) is 0 Å². The van der Waals surface area contributed by atoms with Gasteiger partial charge in [0.1, 0.15) is 0 Å². The molecule has 0 heterocycles. The standard InChI is InChI=1S/C44H35N/c1-44(2)42-25-11-10-22-40(42)41-23-9-8-21-39(43(41)44)32-26-28-35(29-27-32)45(34-17-4-3-5-18-34)36-19-12-16-33(30-36)38-24-13-15-31-14-6-7-20-37(31)38/h3-8,10-30H,9H2,1-2H3. The average Bonchev–Trinajstić information content (AvgIpc) is 3.20. The number of para-hydroxylation sites is 1. The first-order valence-corrected chi connectivity index (χ1v) is 15.9. The molecule has 0 N–H and O–H groups in total. The zero-order chi connectivity index (χ0) is 30.4. The van der Waals surface area contributed by atoms with Crippen LogP contribution in [0.3, 0.4) is 0 Å². The highest BCUT2D eigenvalue weighted by Gasteiger charge is 2.39. The lowest BCUT2D eigenvalue weighted by molar-refractivity contribution is 0.663. The van der Waals surface area contributed by atoms with Gasteiger partial charge in [-0.15, -0.1) is 0 Å². The minimum absolute atomic E-state index is 0.0662. The normalized spacial score (nSPS) is 14.9. The topological polar surface area (TPSA) is 3.24 Å². The summed E-state index contributed by atoms with van der Waals surface area (Å²) in [4.78, 5) is 2.36. The van der Waals surface area contributed by atoms with Crippen molar-refractivity contribution in [2.75, 3.05) is 4.90 Å². The van der Waals surface area contributed by atoms with Crippen LogP contribution in [0.15, 0.2) is 169 Å². The van der Waals surface area contributed by atoms with Crippen molar-refractivity contribution in [1.82, 2.24) is 0 Å². The maximum atomic E-state index is 2.40. The zero-order valence-corrected chi connectivity index (χ0v) is 25.7. The molecule has 0 saturated heterocycles. The number of fused-ring (bicyclic) bond motifs is 4. The molecule has 8 rings (SSSR count). The summed E-state index contributed by atoms with van der Waals surface area (Å²) in [5.74, 6) is 0. The van der Waals surface area contributed by atoms with Gasteiger partial charge < -0.3 is 4.90 Å². The summed E-state index contributed by atoms with van der Waals surface area (Å²) in [6.07, 6.45) is 7.99. The smallest absolute Gasteiger partial charge is 0.0467 e. The molecule has 0 aromatic heterocycles. The van der Waals surface area contributed by atoms with Crippen LogP contribution in [-0.2, 0) is 5.41 Å². The minimum atomic E-state index is -0.0662. The van der Waals surface area contributed by atoms with E-state index in [1.54, 1.807) is 0 Å². The van der Waals surface area contributed by atoms with Crippen molar-refractivity contribution in [3.05, 3.63) is 186 Å². The van der Waals surface area contributed by atoms with Gasteiger partial charge >= 0.3 is 0 Å². The Morgan fingerprint density at radius 2 is 1.22 bits per heavy atom. The van der Waals surface area contributed by atoms with Crippen molar-refractivity contribution in [2.24, 2.45) is 0 Å². The molecule has 0 amide bonds. The van der Waals surface area contributed by atoms with E-state index in [0.29, 0.717) is 0 Å².